The highest BCUT2D eigenvalue weighted by molar-refractivity contribution is 9.10. The summed E-state index contributed by atoms with van der Waals surface area (Å²) in [5.41, 5.74) is 4.97. The first-order valence-corrected chi connectivity index (χ1v) is 10.9. The zero-order valence-corrected chi connectivity index (χ0v) is 18.7. The number of halogens is 2. The number of hydrogen-bond donors (Lipinski definition) is 0. The van der Waals surface area contributed by atoms with Gasteiger partial charge >= 0.3 is 0 Å². The maximum absolute atomic E-state index is 3.73. The van der Waals surface area contributed by atoms with E-state index < -0.39 is 0 Å². The van der Waals surface area contributed by atoms with Crippen LogP contribution in [0.25, 0.3) is 0 Å². The second kappa shape index (κ2) is 8.58. The van der Waals surface area contributed by atoms with Crippen molar-refractivity contribution in [3.63, 3.8) is 0 Å². The first-order chi connectivity index (χ1) is 12.5. The minimum Gasteiger partial charge on any atom is -0.311 e. The standard InChI is InChI=1S/C23H25Br2N/c1-4-16(2)18-5-9-20(10-6-18)26(21-11-7-19(24)8-12-21)22-13-14-23(25)17(3)15-22/h5-17,23H,4H2,1-3H3. The predicted molar refractivity (Wildman–Crippen MR) is 121 cm³/mol. The lowest BCUT2D eigenvalue weighted by atomic mass is 9.97. The molecule has 0 heterocycles. The summed E-state index contributed by atoms with van der Waals surface area (Å²) in [6, 6.07) is 17.5. The Morgan fingerprint density at radius 3 is 2.12 bits per heavy atom. The molecule has 3 unspecified atom stereocenters. The molecule has 0 aromatic heterocycles. The van der Waals surface area contributed by atoms with E-state index in [-0.39, 0.29) is 0 Å². The van der Waals surface area contributed by atoms with Crippen LogP contribution in [0.4, 0.5) is 11.4 Å². The number of alkyl halides is 1. The van der Waals surface area contributed by atoms with Crippen molar-refractivity contribution in [1.82, 2.24) is 0 Å². The van der Waals surface area contributed by atoms with Crippen LogP contribution >= 0.6 is 31.9 Å². The summed E-state index contributed by atoms with van der Waals surface area (Å²) in [6.45, 7) is 6.77. The Kier molecular flexibility index (Phi) is 6.42. The Labute approximate surface area is 174 Å². The molecule has 0 spiro atoms. The molecule has 136 valence electrons. The van der Waals surface area contributed by atoms with Crippen molar-refractivity contribution in [3.05, 3.63) is 82.5 Å². The average molecular weight is 475 g/mol. The molecular formula is C23H25Br2N. The van der Waals surface area contributed by atoms with Gasteiger partial charge in [-0.1, -0.05) is 76.9 Å². The zero-order chi connectivity index (χ0) is 18.7. The minimum absolute atomic E-state index is 0.394. The molecule has 26 heavy (non-hydrogen) atoms. The summed E-state index contributed by atoms with van der Waals surface area (Å²) in [6.07, 6.45) is 7.95. The molecule has 0 bridgehead atoms. The Hall–Kier alpha value is -1.32. The van der Waals surface area contributed by atoms with Crippen LogP contribution in [-0.2, 0) is 0 Å². The molecule has 2 aromatic rings. The summed E-state index contributed by atoms with van der Waals surface area (Å²) < 4.78 is 1.09. The smallest absolute Gasteiger partial charge is 0.0462 e. The van der Waals surface area contributed by atoms with Gasteiger partial charge in [-0.3, -0.25) is 0 Å². The molecule has 0 N–H and O–H groups in total. The van der Waals surface area contributed by atoms with Crippen molar-refractivity contribution in [2.24, 2.45) is 5.92 Å². The van der Waals surface area contributed by atoms with Crippen molar-refractivity contribution >= 4 is 43.2 Å². The third-order valence-electron chi connectivity index (χ3n) is 5.06. The molecular weight excluding hydrogens is 450 g/mol. The molecule has 1 aliphatic carbocycles. The van der Waals surface area contributed by atoms with Crippen LogP contribution in [0.5, 0.6) is 0 Å². The predicted octanol–water partition coefficient (Wildman–Crippen LogP) is 7.95. The second-order valence-electron chi connectivity index (χ2n) is 6.97. The number of allylic oxidation sites excluding steroid dienone is 3. The largest absolute Gasteiger partial charge is 0.311 e. The van der Waals surface area contributed by atoms with Crippen molar-refractivity contribution < 1.29 is 0 Å². The van der Waals surface area contributed by atoms with Gasteiger partial charge in [0.1, 0.15) is 0 Å². The van der Waals surface area contributed by atoms with E-state index in [1.165, 1.54) is 22.6 Å². The number of hydrogen-bond acceptors (Lipinski definition) is 1. The topological polar surface area (TPSA) is 3.24 Å². The molecule has 0 saturated heterocycles. The van der Waals surface area contributed by atoms with Crippen LogP contribution in [0.3, 0.4) is 0 Å². The van der Waals surface area contributed by atoms with Gasteiger partial charge in [0.15, 0.2) is 0 Å². The van der Waals surface area contributed by atoms with Gasteiger partial charge in [0.2, 0.25) is 0 Å². The van der Waals surface area contributed by atoms with E-state index in [0.29, 0.717) is 16.7 Å². The Morgan fingerprint density at radius 2 is 1.58 bits per heavy atom. The molecule has 1 aliphatic rings. The Balaban J connectivity index is 2.02. The number of rotatable bonds is 5. The number of nitrogens with zero attached hydrogens (tertiary/aromatic N) is 1. The quantitative estimate of drug-likeness (QED) is 0.397. The third kappa shape index (κ3) is 4.32. The molecule has 1 nitrogen and oxygen atoms in total. The molecule has 0 radical (unpaired) electrons. The average Bonchev–Trinajstić information content (AvgIpc) is 2.66. The fourth-order valence-electron chi connectivity index (χ4n) is 3.16. The van der Waals surface area contributed by atoms with Crippen LogP contribution in [0, 0.1) is 5.92 Å². The van der Waals surface area contributed by atoms with E-state index in [9.17, 15) is 0 Å². The first-order valence-electron chi connectivity index (χ1n) is 9.19. The van der Waals surface area contributed by atoms with Gasteiger partial charge in [-0.05, 0) is 66.3 Å². The first kappa shape index (κ1) is 19.4. The van der Waals surface area contributed by atoms with E-state index in [1.54, 1.807) is 0 Å². The van der Waals surface area contributed by atoms with Crippen LogP contribution < -0.4 is 4.90 Å². The van der Waals surface area contributed by atoms with Gasteiger partial charge in [0, 0.05) is 26.4 Å². The van der Waals surface area contributed by atoms with Crippen LogP contribution in [0.1, 0.15) is 38.7 Å². The fourth-order valence-corrected chi connectivity index (χ4v) is 3.73. The Morgan fingerprint density at radius 1 is 1.00 bits per heavy atom. The highest BCUT2D eigenvalue weighted by atomic mass is 79.9. The van der Waals surface area contributed by atoms with Crippen molar-refractivity contribution in [1.29, 1.82) is 0 Å². The SMILES string of the molecule is CCC(C)c1ccc(N(C2=CC(C)C(Br)C=C2)c2ccc(Br)cc2)cc1. The summed E-state index contributed by atoms with van der Waals surface area (Å²) in [5, 5.41) is 0. The number of benzene rings is 2. The van der Waals surface area contributed by atoms with E-state index in [1.807, 2.05) is 0 Å². The minimum atomic E-state index is 0.394. The molecule has 3 atom stereocenters. The molecule has 3 rings (SSSR count). The van der Waals surface area contributed by atoms with Crippen LogP contribution in [0.15, 0.2) is 76.9 Å². The second-order valence-corrected chi connectivity index (χ2v) is 8.94. The lowest BCUT2D eigenvalue weighted by Gasteiger charge is -2.30. The van der Waals surface area contributed by atoms with Crippen LogP contribution in [-0.4, -0.2) is 4.83 Å². The summed E-state index contributed by atoms with van der Waals surface area (Å²) in [5.74, 6) is 1.04. The van der Waals surface area contributed by atoms with E-state index in [2.05, 4.69) is 124 Å². The van der Waals surface area contributed by atoms with Crippen molar-refractivity contribution in [3.8, 4) is 0 Å². The number of anilines is 2. The maximum atomic E-state index is 3.73. The zero-order valence-electron chi connectivity index (χ0n) is 15.5. The third-order valence-corrected chi connectivity index (χ3v) is 6.73. The Bertz CT molecular complexity index is 790. The summed E-state index contributed by atoms with van der Waals surface area (Å²) in [4.78, 5) is 2.73. The molecule has 3 heteroatoms. The van der Waals surface area contributed by atoms with Crippen molar-refractivity contribution in [2.75, 3.05) is 4.90 Å². The molecule has 2 aromatic carbocycles. The van der Waals surface area contributed by atoms with Gasteiger partial charge in [-0.25, -0.2) is 0 Å². The maximum Gasteiger partial charge on any atom is 0.0462 e. The van der Waals surface area contributed by atoms with Gasteiger partial charge in [0.05, 0.1) is 0 Å². The molecule has 0 fully saturated rings. The monoisotopic (exact) mass is 473 g/mol. The molecule has 0 aliphatic heterocycles. The van der Waals surface area contributed by atoms with Crippen LogP contribution in [0.2, 0.25) is 0 Å². The lowest BCUT2D eigenvalue weighted by molar-refractivity contribution is 0.733. The van der Waals surface area contributed by atoms with E-state index >= 15 is 0 Å². The fraction of sp³-hybridized carbons (Fsp3) is 0.304. The normalized spacial score (nSPS) is 20.6. The lowest BCUT2D eigenvalue weighted by Crippen LogP contribution is -2.20. The van der Waals surface area contributed by atoms with Gasteiger partial charge in [-0.2, -0.15) is 0 Å². The summed E-state index contributed by atoms with van der Waals surface area (Å²) in [7, 11) is 0. The van der Waals surface area contributed by atoms with Gasteiger partial charge in [0.25, 0.3) is 0 Å². The van der Waals surface area contributed by atoms with E-state index in [4.69, 9.17) is 0 Å². The molecule has 0 amide bonds. The van der Waals surface area contributed by atoms with E-state index in [0.717, 1.165) is 10.9 Å². The van der Waals surface area contributed by atoms with Gasteiger partial charge < -0.3 is 4.90 Å². The summed E-state index contributed by atoms with van der Waals surface area (Å²) >= 11 is 7.27. The van der Waals surface area contributed by atoms with Crippen molar-refractivity contribution in [2.45, 2.75) is 37.9 Å². The highest BCUT2D eigenvalue weighted by Gasteiger charge is 2.20. The molecule has 0 saturated carbocycles. The van der Waals surface area contributed by atoms with Gasteiger partial charge in [-0.15, -0.1) is 0 Å². The highest BCUT2D eigenvalue weighted by Crippen LogP contribution is 2.35.